The summed E-state index contributed by atoms with van der Waals surface area (Å²) in [6, 6.07) is 17.0. The van der Waals surface area contributed by atoms with Gasteiger partial charge in [0.25, 0.3) is 5.69 Å². The second-order valence-corrected chi connectivity index (χ2v) is 9.89. The molecule has 5 rings (SSSR count). The van der Waals surface area contributed by atoms with Crippen molar-refractivity contribution in [3.8, 4) is 17.0 Å². The van der Waals surface area contributed by atoms with E-state index in [4.69, 9.17) is 32.5 Å². The normalized spacial score (nSPS) is 13.6. The molecule has 0 aliphatic carbocycles. The second-order valence-electron chi connectivity index (χ2n) is 9.07. The number of benzene rings is 3. The summed E-state index contributed by atoms with van der Waals surface area (Å²) >= 11 is 12.9. The summed E-state index contributed by atoms with van der Waals surface area (Å²) in [6.45, 7) is 3.91. The number of nitro groups is 1. The van der Waals surface area contributed by atoms with E-state index in [0.717, 1.165) is 16.7 Å². The minimum atomic E-state index is -1.07. The van der Waals surface area contributed by atoms with E-state index in [2.05, 4.69) is 5.16 Å². The number of allylic oxidation sites excluding steroid dienone is 1. The third kappa shape index (κ3) is 4.73. The van der Waals surface area contributed by atoms with E-state index in [1.54, 1.807) is 42.7 Å². The van der Waals surface area contributed by atoms with Crippen LogP contribution in [-0.2, 0) is 6.42 Å². The highest BCUT2D eigenvalue weighted by Crippen LogP contribution is 2.43. The van der Waals surface area contributed by atoms with Crippen LogP contribution in [0.5, 0.6) is 5.75 Å². The van der Waals surface area contributed by atoms with E-state index >= 15 is 0 Å². The van der Waals surface area contributed by atoms with Gasteiger partial charge < -0.3 is 14.4 Å². The quantitative estimate of drug-likeness (QED) is 0.200. The fourth-order valence-corrected chi connectivity index (χ4v) is 4.98. The largest absolute Gasteiger partial charge is 0.464 e. The number of ether oxygens (including phenoxy) is 1. The van der Waals surface area contributed by atoms with Gasteiger partial charge in [-0.05, 0) is 52.6 Å². The molecule has 0 saturated heterocycles. The summed E-state index contributed by atoms with van der Waals surface area (Å²) in [5.74, 6) is 1.10. The van der Waals surface area contributed by atoms with Crippen molar-refractivity contribution in [1.82, 2.24) is 5.16 Å². The number of fused-ring (bicyclic) bond motifs is 1. The van der Waals surface area contributed by atoms with Crippen LogP contribution in [0.4, 0.5) is 5.69 Å². The Morgan fingerprint density at radius 1 is 1.05 bits per heavy atom. The molecule has 4 aromatic rings. The van der Waals surface area contributed by atoms with Crippen molar-refractivity contribution in [2.75, 3.05) is 0 Å². The predicted molar refractivity (Wildman–Crippen MR) is 142 cm³/mol. The maximum absolute atomic E-state index is 11.5. The number of non-ortho nitro benzene ring substituents is 1. The smallest absolute Gasteiger partial charge is 0.269 e. The molecule has 1 unspecified atom stereocenters. The van der Waals surface area contributed by atoms with Crippen LogP contribution >= 0.6 is 23.2 Å². The van der Waals surface area contributed by atoms with Crippen LogP contribution < -0.4 is 4.74 Å². The third-order valence-electron chi connectivity index (χ3n) is 6.32. The van der Waals surface area contributed by atoms with Crippen molar-refractivity contribution >= 4 is 34.5 Å². The SMILES string of the molecule is CC(C)c1onc(-c2c(Cl)cccc2Cl)c1C(O)c1ccc2c(c1)OC=C(c1ccc([N+](=O)[O-])cc1)C2. The Labute approximate surface area is 223 Å². The van der Waals surface area contributed by atoms with E-state index < -0.39 is 11.0 Å². The lowest BCUT2D eigenvalue weighted by atomic mass is 9.91. The fraction of sp³-hybridized carbons (Fsp3) is 0.179. The molecule has 0 fully saturated rings. The van der Waals surface area contributed by atoms with Crippen LogP contribution in [0.2, 0.25) is 10.0 Å². The summed E-state index contributed by atoms with van der Waals surface area (Å²) in [5, 5.41) is 27.5. The van der Waals surface area contributed by atoms with Gasteiger partial charge in [-0.15, -0.1) is 0 Å². The third-order valence-corrected chi connectivity index (χ3v) is 6.95. The maximum Gasteiger partial charge on any atom is 0.269 e. The van der Waals surface area contributed by atoms with Gasteiger partial charge in [0.15, 0.2) is 0 Å². The zero-order valence-electron chi connectivity index (χ0n) is 19.9. The summed E-state index contributed by atoms with van der Waals surface area (Å²) in [6.07, 6.45) is 1.14. The Balaban J connectivity index is 1.48. The topological polar surface area (TPSA) is 98.6 Å². The standard InChI is InChI=1S/C28H22Cl2N2O5/c1-15(2)28-25(26(31-37-28)24-21(29)4-3-5-22(24)30)27(33)18-7-6-17-12-19(14-36-23(17)13-18)16-8-10-20(11-9-16)32(34)35/h3-11,13-15,27,33H,12H2,1-2H3. The highest BCUT2D eigenvalue weighted by atomic mass is 35.5. The van der Waals surface area contributed by atoms with E-state index in [9.17, 15) is 15.2 Å². The first-order valence-corrected chi connectivity index (χ1v) is 12.4. The van der Waals surface area contributed by atoms with Gasteiger partial charge >= 0.3 is 0 Å². The molecule has 37 heavy (non-hydrogen) atoms. The maximum atomic E-state index is 11.5. The van der Waals surface area contributed by atoms with Crippen molar-refractivity contribution in [3.05, 3.63) is 115 Å². The molecule has 1 N–H and O–H groups in total. The van der Waals surface area contributed by atoms with Crippen LogP contribution in [0, 0.1) is 10.1 Å². The zero-order valence-corrected chi connectivity index (χ0v) is 21.5. The molecular weight excluding hydrogens is 515 g/mol. The number of nitrogens with zero attached hydrogens (tertiary/aromatic N) is 2. The second kappa shape index (κ2) is 10.0. The van der Waals surface area contributed by atoms with Crippen molar-refractivity contribution in [3.63, 3.8) is 0 Å². The minimum Gasteiger partial charge on any atom is -0.464 e. The Bertz CT molecular complexity index is 1510. The van der Waals surface area contributed by atoms with Crippen LogP contribution in [-0.4, -0.2) is 15.2 Å². The highest BCUT2D eigenvalue weighted by molar-refractivity contribution is 6.39. The van der Waals surface area contributed by atoms with Crippen molar-refractivity contribution in [2.24, 2.45) is 0 Å². The van der Waals surface area contributed by atoms with Gasteiger partial charge in [-0.3, -0.25) is 10.1 Å². The number of nitro benzene ring substituents is 1. The van der Waals surface area contributed by atoms with E-state index in [-0.39, 0.29) is 11.6 Å². The average molecular weight is 537 g/mol. The summed E-state index contributed by atoms with van der Waals surface area (Å²) in [7, 11) is 0. The number of halogens is 2. The number of aliphatic hydroxyl groups is 1. The molecule has 9 heteroatoms. The molecule has 3 aromatic carbocycles. The Morgan fingerprint density at radius 3 is 2.41 bits per heavy atom. The summed E-state index contributed by atoms with van der Waals surface area (Å²) in [5.41, 5.74) is 4.69. The van der Waals surface area contributed by atoms with E-state index in [1.165, 1.54) is 12.1 Å². The first-order valence-electron chi connectivity index (χ1n) is 11.6. The lowest BCUT2D eigenvalue weighted by Gasteiger charge is -2.20. The number of aromatic nitrogens is 1. The van der Waals surface area contributed by atoms with Gasteiger partial charge in [0, 0.05) is 30.0 Å². The number of aliphatic hydroxyl groups excluding tert-OH is 1. The molecule has 1 aromatic heterocycles. The first-order chi connectivity index (χ1) is 17.7. The summed E-state index contributed by atoms with van der Waals surface area (Å²) in [4.78, 5) is 10.5. The molecule has 188 valence electrons. The van der Waals surface area contributed by atoms with Crippen molar-refractivity contribution in [2.45, 2.75) is 32.3 Å². The molecule has 0 saturated carbocycles. The molecule has 1 atom stereocenters. The number of rotatable bonds is 6. The van der Waals surface area contributed by atoms with Gasteiger partial charge in [-0.2, -0.15) is 0 Å². The van der Waals surface area contributed by atoms with Crippen LogP contribution in [0.1, 0.15) is 53.9 Å². The first kappa shape index (κ1) is 25.0. The molecule has 1 aliphatic heterocycles. The molecule has 0 spiro atoms. The lowest BCUT2D eigenvalue weighted by Crippen LogP contribution is -2.08. The van der Waals surface area contributed by atoms with E-state index in [1.807, 2.05) is 26.0 Å². The lowest BCUT2D eigenvalue weighted by molar-refractivity contribution is -0.384. The highest BCUT2D eigenvalue weighted by Gasteiger charge is 2.30. The molecule has 0 amide bonds. The van der Waals surface area contributed by atoms with Crippen molar-refractivity contribution < 1.29 is 19.3 Å². The van der Waals surface area contributed by atoms with Gasteiger partial charge in [0.2, 0.25) is 0 Å². The Morgan fingerprint density at radius 2 is 1.76 bits per heavy atom. The van der Waals surface area contributed by atoms with Gasteiger partial charge in [-0.25, -0.2) is 0 Å². The zero-order chi connectivity index (χ0) is 26.3. The van der Waals surface area contributed by atoms with Crippen molar-refractivity contribution in [1.29, 1.82) is 0 Å². The van der Waals surface area contributed by atoms with E-state index in [0.29, 0.717) is 50.4 Å². The van der Waals surface area contributed by atoms with Gasteiger partial charge in [0.05, 0.1) is 26.8 Å². The monoisotopic (exact) mass is 536 g/mol. The number of hydrogen-bond acceptors (Lipinski definition) is 6. The van der Waals surface area contributed by atoms with Crippen LogP contribution in [0.3, 0.4) is 0 Å². The van der Waals surface area contributed by atoms with Crippen LogP contribution in [0.25, 0.3) is 16.8 Å². The van der Waals surface area contributed by atoms with Gasteiger partial charge in [0.1, 0.15) is 23.3 Å². The minimum absolute atomic E-state index is 0.0343. The Hall–Kier alpha value is -3.65. The molecule has 0 radical (unpaired) electrons. The molecule has 7 nitrogen and oxygen atoms in total. The predicted octanol–water partition coefficient (Wildman–Crippen LogP) is 7.74. The fourth-order valence-electron chi connectivity index (χ4n) is 4.41. The summed E-state index contributed by atoms with van der Waals surface area (Å²) < 4.78 is 11.6. The average Bonchev–Trinajstić information content (AvgIpc) is 3.32. The Kier molecular flexibility index (Phi) is 6.77. The number of hydrogen-bond donors (Lipinski definition) is 1. The van der Waals surface area contributed by atoms with Crippen LogP contribution in [0.15, 0.2) is 71.4 Å². The molecule has 2 heterocycles. The molecule has 1 aliphatic rings. The molecule has 0 bridgehead atoms. The van der Waals surface area contributed by atoms with Gasteiger partial charge in [-0.1, -0.05) is 60.4 Å². The molecular formula is C28H22Cl2N2O5.